The molecule has 5 heterocycles. The van der Waals surface area contributed by atoms with Crippen molar-refractivity contribution >= 4 is 5.65 Å². The van der Waals surface area contributed by atoms with Gasteiger partial charge in [0.15, 0.2) is 17.3 Å². The van der Waals surface area contributed by atoms with E-state index in [0.717, 1.165) is 56.3 Å². The molecule has 28 heavy (non-hydrogen) atoms. The van der Waals surface area contributed by atoms with Crippen molar-refractivity contribution in [1.29, 1.82) is 0 Å². The van der Waals surface area contributed by atoms with Crippen molar-refractivity contribution in [3.8, 4) is 5.82 Å². The van der Waals surface area contributed by atoms with E-state index < -0.39 is 0 Å². The van der Waals surface area contributed by atoms with Gasteiger partial charge in [-0.05, 0) is 56.6 Å². The van der Waals surface area contributed by atoms with Crippen LogP contribution in [0.2, 0.25) is 0 Å². The molecule has 144 valence electrons. The minimum atomic E-state index is 0.374. The molecule has 0 unspecified atom stereocenters. The first kappa shape index (κ1) is 17.1. The SMILES string of the molecule is Cc1cnn(CCN2CCC(c3nnc4ccc(-n5cccn5)nn34)CC2)c1. The van der Waals surface area contributed by atoms with E-state index in [4.69, 9.17) is 5.10 Å². The Hall–Kier alpha value is -3.07. The van der Waals surface area contributed by atoms with Crippen LogP contribution in [0.25, 0.3) is 11.5 Å². The van der Waals surface area contributed by atoms with E-state index in [1.807, 2.05) is 39.8 Å². The van der Waals surface area contributed by atoms with Crippen LogP contribution < -0.4 is 0 Å². The van der Waals surface area contributed by atoms with Crippen LogP contribution in [0.1, 0.15) is 30.1 Å². The number of hydrogen-bond donors (Lipinski definition) is 0. The van der Waals surface area contributed by atoms with Crippen LogP contribution in [0, 0.1) is 6.92 Å². The second kappa shape index (κ2) is 7.16. The highest BCUT2D eigenvalue weighted by Gasteiger charge is 2.25. The van der Waals surface area contributed by atoms with E-state index in [-0.39, 0.29) is 0 Å². The molecule has 0 atom stereocenters. The van der Waals surface area contributed by atoms with E-state index in [9.17, 15) is 0 Å². The molecule has 5 rings (SSSR count). The quantitative estimate of drug-likeness (QED) is 0.526. The molecule has 0 saturated carbocycles. The number of aryl methyl sites for hydroxylation is 1. The zero-order valence-electron chi connectivity index (χ0n) is 15.9. The van der Waals surface area contributed by atoms with Gasteiger partial charge < -0.3 is 4.90 Å². The molecule has 0 bridgehead atoms. The van der Waals surface area contributed by atoms with Crippen LogP contribution in [-0.2, 0) is 6.54 Å². The number of likely N-dealkylation sites (tertiary alicyclic amines) is 1. The molecule has 9 heteroatoms. The second-order valence-corrected chi connectivity index (χ2v) is 7.37. The molecule has 1 saturated heterocycles. The number of piperidine rings is 1. The predicted molar refractivity (Wildman–Crippen MR) is 103 cm³/mol. The summed E-state index contributed by atoms with van der Waals surface area (Å²) in [4.78, 5) is 2.50. The number of nitrogens with zero attached hydrogens (tertiary/aromatic N) is 9. The van der Waals surface area contributed by atoms with Gasteiger partial charge >= 0.3 is 0 Å². The van der Waals surface area contributed by atoms with Gasteiger partial charge in [0.25, 0.3) is 0 Å². The normalized spacial score (nSPS) is 16.2. The molecule has 4 aromatic rings. The Morgan fingerprint density at radius 1 is 1.07 bits per heavy atom. The fraction of sp³-hybridized carbons (Fsp3) is 0.421. The summed E-state index contributed by atoms with van der Waals surface area (Å²) in [6.45, 7) is 6.14. The lowest BCUT2D eigenvalue weighted by Crippen LogP contribution is -2.35. The molecule has 9 nitrogen and oxygen atoms in total. The van der Waals surface area contributed by atoms with Crippen LogP contribution in [0.5, 0.6) is 0 Å². The summed E-state index contributed by atoms with van der Waals surface area (Å²) in [6, 6.07) is 5.75. The van der Waals surface area contributed by atoms with Gasteiger partial charge in [-0.3, -0.25) is 4.68 Å². The Morgan fingerprint density at radius 3 is 2.71 bits per heavy atom. The zero-order chi connectivity index (χ0) is 18.9. The van der Waals surface area contributed by atoms with Gasteiger partial charge in [-0.1, -0.05) is 0 Å². The Bertz CT molecular complexity index is 1050. The molecular weight excluding hydrogens is 354 g/mol. The first-order valence-electron chi connectivity index (χ1n) is 9.70. The zero-order valence-corrected chi connectivity index (χ0v) is 15.9. The van der Waals surface area contributed by atoms with Crippen LogP contribution in [0.3, 0.4) is 0 Å². The first-order valence-corrected chi connectivity index (χ1v) is 9.70. The Morgan fingerprint density at radius 2 is 1.96 bits per heavy atom. The molecule has 1 aliphatic rings. The molecule has 4 aromatic heterocycles. The Balaban J connectivity index is 1.27. The monoisotopic (exact) mass is 377 g/mol. The van der Waals surface area contributed by atoms with Crippen molar-refractivity contribution in [2.75, 3.05) is 19.6 Å². The van der Waals surface area contributed by atoms with Crippen LogP contribution >= 0.6 is 0 Å². The maximum absolute atomic E-state index is 4.72. The van der Waals surface area contributed by atoms with Gasteiger partial charge in [0.1, 0.15) is 0 Å². The molecule has 0 spiro atoms. The van der Waals surface area contributed by atoms with Crippen LogP contribution in [0.15, 0.2) is 43.0 Å². The van der Waals surface area contributed by atoms with Gasteiger partial charge in [-0.25, -0.2) is 4.68 Å². The third-order valence-electron chi connectivity index (χ3n) is 5.37. The highest BCUT2D eigenvalue weighted by atomic mass is 15.4. The highest BCUT2D eigenvalue weighted by molar-refractivity contribution is 5.39. The molecule has 0 radical (unpaired) electrons. The van der Waals surface area contributed by atoms with E-state index >= 15 is 0 Å². The molecule has 0 amide bonds. The first-order chi connectivity index (χ1) is 13.8. The van der Waals surface area contributed by atoms with Gasteiger partial charge in [0, 0.05) is 31.1 Å². The summed E-state index contributed by atoms with van der Waals surface area (Å²) < 4.78 is 5.65. The largest absolute Gasteiger partial charge is 0.301 e. The van der Waals surface area contributed by atoms with E-state index in [1.165, 1.54) is 5.56 Å². The molecule has 1 fully saturated rings. The lowest BCUT2D eigenvalue weighted by Gasteiger charge is -2.30. The van der Waals surface area contributed by atoms with E-state index in [2.05, 4.69) is 38.4 Å². The van der Waals surface area contributed by atoms with Gasteiger partial charge in [0.2, 0.25) is 0 Å². The van der Waals surface area contributed by atoms with Gasteiger partial charge in [-0.2, -0.15) is 14.7 Å². The van der Waals surface area contributed by atoms with Crippen LogP contribution in [-0.4, -0.2) is 63.9 Å². The van der Waals surface area contributed by atoms with Gasteiger partial charge in [-0.15, -0.1) is 15.3 Å². The minimum Gasteiger partial charge on any atom is -0.301 e. The molecule has 1 aliphatic heterocycles. The van der Waals surface area contributed by atoms with Crippen molar-refractivity contribution in [1.82, 2.24) is 44.3 Å². The minimum absolute atomic E-state index is 0.374. The van der Waals surface area contributed by atoms with Crippen LogP contribution in [0.4, 0.5) is 0 Å². The Kier molecular flexibility index (Phi) is 4.36. The lowest BCUT2D eigenvalue weighted by molar-refractivity contribution is 0.199. The van der Waals surface area contributed by atoms with Crippen molar-refractivity contribution in [2.45, 2.75) is 32.2 Å². The third kappa shape index (κ3) is 3.29. The summed E-state index contributed by atoms with van der Waals surface area (Å²) in [6.07, 6.45) is 9.77. The average Bonchev–Trinajstić information content (AvgIpc) is 3.47. The van der Waals surface area contributed by atoms with E-state index in [0.29, 0.717) is 5.92 Å². The topological polar surface area (TPSA) is 82.0 Å². The van der Waals surface area contributed by atoms with E-state index in [1.54, 1.807) is 10.9 Å². The smallest absolute Gasteiger partial charge is 0.178 e. The molecule has 0 aliphatic carbocycles. The molecular formula is C19H23N9. The number of hydrogen-bond acceptors (Lipinski definition) is 6. The van der Waals surface area contributed by atoms with Gasteiger partial charge in [0.05, 0.1) is 12.7 Å². The Labute approximate surface area is 162 Å². The maximum atomic E-state index is 4.72. The number of rotatable bonds is 5. The van der Waals surface area contributed by atoms with Crippen molar-refractivity contribution in [3.05, 3.63) is 54.4 Å². The fourth-order valence-electron chi connectivity index (χ4n) is 3.82. The second-order valence-electron chi connectivity index (χ2n) is 7.37. The summed E-state index contributed by atoms with van der Waals surface area (Å²) in [7, 11) is 0. The van der Waals surface area contributed by atoms with Crippen molar-refractivity contribution in [2.24, 2.45) is 0 Å². The average molecular weight is 377 g/mol. The summed E-state index contributed by atoms with van der Waals surface area (Å²) in [5.41, 5.74) is 1.99. The third-order valence-corrected chi connectivity index (χ3v) is 5.37. The summed E-state index contributed by atoms with van der Waals surface area (Å²) >= 11 is 0. The molecule has 0 N–H and O–H groups in total. The maximum Gasteiger partial charge on any atom is 0.178 e. The highest BCUT2D eigenvalue weighted by Crippen LogP contribution is 2.26. The summed E-state index contributed by atoms with van der Waals surface area (Å²) in [5.74, 6) is 2.09. The number of aromatic nitrogens is 8. The summed E-state index contributed by atoms with van der Waals surface area (Å²) in [5, 5.41) is 22.1. The van der Waals surface area contributed by atoms with Crippen molar-refractivity contribution < 1.29 is 0 Å². The standard InChI is InChI=1S/C19H23N9/c1-15-13-21-26(14-15)12-11-25-9-5-16(6-10-25)19-23-22-17-3-4-18(24-28(17)19)27-8-2-7-20-27/h2-4,7-8,13-14,16H,5-6,9-12H2,1H3. The van der Waals surface area contributed by atoms with Crippen molar-refractivity contribution in [3.63, 3.8) is 0 Å². The predicted octanol–water partition coefficient (Wildman–Crippen LogP) is 1.69. The fourth-order valence-corrected chi connectivity index (χ4v) is 3.82. The number of fused-ring (bicyclic) bond motifs is 1. The molecule has 0 aromatic carbocycles. The lowest BCUT2D eigenvalue weighted by atomic mass is 9.96.